The third-order valence-electron chi connectivity index (χ3n) is 1.69. The molecule has 0 spiro atoms. The van der Waals surface area contributed by atoms with Crippen LogP contribution in [0.1, 0.15) is 13.8 Å². The molecule has 0 aliphatic carbocycles. The number of hydrogen-bond acceptors (Lipinski definition) is 4. The number of aromatic nitrogens is 2. The summed E-state index contributed by atoms with van der Waals surface area (Å²) < 4.78 is 1.67. The van der Waals surface area contributed by atoms with Crippen molar-refractivity contribution in [2.75, 3.05) is 24.4 Å². The second-order valence-corrected chi connectivity index (χ2v) is 3.66. The fourth-order valence-electron chi connectivity index (χ4n) is 1.13. The zero-order chi connectivity index (χ0) is 10.7. The van der Waals surface area contributed by atoms with E-state index in [0.29, 0.717) is 6.04 Å². The fourth-order valence-corrected chi connectivity index (χ4v) is 1.13. The summed E-state index contributed by atoms with van der Waals surface area (Å²) in [6.07, 6.45) is 3.53. The van der Waals surface area contributed by atoms with E-state index in [1.807, 2.05) is 20.3 Å². The van der Waals surface area contributed by atoms with Crippen molar-refractivity contribution in [1.29, 1.82) is 5.41 Å². The van der Waals surface area contributed by atoms with Crippen molar-refractivity contribution < 1.29 is 0 Å². The summed E-state index contributed by atoms with van der Waals surface area (Å²) in [6.45, 7) is 4.13. The van der Waals surface area contributed by atoms with Gasteiger partial charge in [0.2, 0.25) is 5.62 Å². The van der Waals surface area contributed by atoms with E-state index in [-0.39, 0.29) is 5.62 Å². The third-order valence-corrected chi connectivity index (χ3v) is 1.69. The van der Waals surface area contributed by atoms with Crippen molar-refractivity contribution in [1.82, 2.24) is 9.66 Å². The normalized spacial score (nSPS) is 10.4. The molecule has 0 aliphatic rings. The highest BCUT2D eigenvalue weighted by Gasteiger charge is 1.99. The standard InChI is InChI=1S/C9H17N5/c1-7(2)12-8-5-11-9(10)14(6-8)13(3)4/h5-7,10,12H,1-4H3. The van der Waals surface area contributed by atoms with Crippen LogP contribution < -0.4 is 15.9 Å². The summed E-state index contributed by atoms with van der Waals surface area (Å²) >= 11 is 0. The van der Waals surface area contributed by atoms with Crippen LogP contribution >= 0.6 is 0 Å². The van der Waals surface area contributed by atoms with E-state index in [9.17, 15) is 0 Å². The highest BCUT2D eigenvalue weighted by molar-refractivity contribution is 5.38. The molecule has 2 N–H and O–H groups in total. The maximum atomic E-state index is 7.56. The van der Waals surface area contributed by atoms with Crippen LogP contribution in [0.2, 0.25) is 0 Å². The monoisotopic (exact) mass is 195 g/mol. The summed E-state index contributed by atoms with van der Waals surface area (Å²) in [5, 5.41) is 12.6. The Labute approximate surface area is 83.9 Å². The number of hydrogen-bond donors (Lipinski definition) is 2. The minimum atomic E-state index is 0.226. The fraction of sp³-hybridized carbons (Fsp3) is 0.556. The number of rotatable bonds is 3. The van der Waals surface area contributed by atoms with Crippen molar-refractivity contribution in [2.45, 2.75) is 19.9 Å². The first-order valence-electron chi connectivity index (χ1n) is 4.58. The minimum Gasteiger partial charge on any atom is -0.380 e. The first-order valence-corrected chi connectivity index (χ1v) is 4.58. The van der Waals surface area contributed by atoms with Crippen molar-refractivity contribution in [3.63, 3.8) is 0 Å². The van der Waals surface area contributed by atoms with E-state index < -0.39 is 0 Å². The molecule has 0 saturated carbocycles. The topological polar surface area (TPSA) is 56.9 Å². The average molecular weight is 195 g/mol. The molecular weight excluding hydrogens is 178 g/mol. The van der Waals surface area contributed by atoms with Crippen molar-refractivity contribution >= 4 is 5.69 Å². The van der Waals surface area contributed by atoms with E-state index in [0.717, 1.165) is 5.69 Å². The van der Waals surface area contributed by atoms with Gasteiger partial charge in [-0.2, -0.15) is 0 Å². The molecule has 0 unspecified atom stereocenters. The molecule has 0 atom stereocenters. The van der Waals surface area contributed by atoms with Gasteiger partial charge in [0.05, 0.1) is 18.1 Å². The van der Waals surface area contributed by atoms with E-state index in [4.69, 9.17) is 5.41 Å². The van der Waals surface area contributed by atoms with Gasteiger partial charge in [0.25, 0.3) is 0 Å². The number of nitrogens with zero attached hydrogens (tertiary/aromatic N) is 3. The molecule has 0 aromatic carbocycles. The van der Waals surface area contributed by atoms with Gasteiger partial charge in [-0.15, -0.1) is 0 Å². The van der Waals surface area contributed by atoms with Crippen LogP contribution in [-0.2, 0) is 0 Å². The van der Waals surface area contributed by atoms with Crippen LogP contribution in [0.15, 0.2) is 12.4 Å². The lowest BCUT2D eigenvalue weighted by Gasteiger charge is -2.18. The molecule has 1 rings (SSSR count). The quantitative estimate of drug-likeness (QED) is 0.733. The Morgan fingerprint density at radius 2 is 2.14 bits per heavy atom. The minimum absolute atomic E-state index is 0.226. The van der Waals surface area contributed by atoms with Crippen LogP contribution in [-0.4, -0.2) is 29.8 Å². The Bertz CT molecular complexity index is 352. The third kappa shape index (κ3) is 2.48. The lowest BCUT2D eigenvalue weighted by Crippen LogP contribution is -2.37. The molecule has 78 valence electrons. The summed E-state index contributed by atoms with van der Waals surface area (Å²) in [5.41, 5.74) is 1.15. The van der Waals surface area contributed by atoms with E-state index in [2.05, 4.69) is 24.1 Å². The molecular formula is C9H17N5. The highest BCUT2D eigenvalue weighted by Crippen LogP contribution is 2.02. The number of nitrogens with one attached hydrogen (secondary N) is 2. The van der Waals surface area contributed by atoms with Crippen molar-refractivity contribution in [2.24, 2.45) is 0 Å². The lowest BCUT2D eigenvalue weighted by atomic mass is 10.4. The molecule has 0 aliphatic heterocycles. The summed E-state index contributed by atoms with van der Waals surface area (Å²) in [7, 11) is 3.75. The van der Waals surface area contributed by atoms with Gasteiger partial charge in [0, 0.05) is 20.1 Å². The van der Waals surface area contributed by atoms with Gasteiger partial charge in [0.15, 0.2) is 0 Å². The second-order valence-electron chi connectivity index (χ2n) is 3.66. The predicted octanol–water partition coefficient (Wildman–Crippen LogP) is 0.380. The molecule has 1 aromatic heterocycles. The molecule has 0 fully saturated rings. The van der Waals surface area contributed by atoms with Crippen molar-refractivity contribution in [3.8, 4) is 0 Å². The van der Waals surface area contributed by atoms with Gasteiger partial charge in [0.1, 0.15) is 0 Å². The van der Waals surface area contributed by atoms with Crippen LogP contribution in [0, 0.1) is 5.41 Å². The highest BCUT2D eigenvalue weighted by atomic mass is 15.5. The molecule has 1 aromatic rings. The summed E-state index contributed by atoms with van der Waals surface area (Å²) in [4.78, 5) is 3.98. The summed E-state index contributed by atoms with van der Waals surface area (Å²) in [5.74, 6) is 0. The van der Waals surface area contributed by atoms with E-state index >= 15 is 0 Å². The first-order chi connectivity index (χ1) is 6.50. The molecule has 0 saturated heterocycles. The van der Waals surface area contributed by atoms with Gasteiger partial charge in [-0.1, -0.05) is 0 Å². The molecule has 0 radical (unpaired) electrons. The predicted molar refractivity (Wildman–Crippen MR) is 56.9 cm³/mol. The zero-order valence-corrected chi connectivity index (χ0v) is 9.07. The molecule has 5 heteroatoms. The van der Waals surface area contributed by atoms with Gasteiger partial charge >= 0.3 is 0 Å². The van der Waals surface area contributed by atoms with Crippen LogP contribution in [0.25, 0.3) is 0 Å². The lowest BCUT2D eigenvalue weighted by molar-refractivity contribution is 0.649. The van der Waals surface area contributed by atoms with Gasteiger partial charge in [-0.3, -0.25) is 5.41 Å². The Morgan fingerprint density at radius 1 is 1.50 bits per heavy atom. The maximum absolute atomic E-state index is 7.56. The molecule has 5 nitrogen and oxygen atoms in total. The smallest absolute Gasteiger partial charge is 0.241 e. The van der Waals surface area contributed by atoms with Crippen LogP contribution in [0.3, 0.4) is 0 Å². The van der Waals surface area contributed by atoms with Gasteiger partial charge in [-0.25, -0.2) is 9.66 Å². The zero-order valence-electron chi connectivity index (χ0n) is 9.07. The van der Waals surface area contributed by atoms with Crippen LogP contribution in [0.4, 0.5) is 5.69 Å². The van der Waals surface area contributed by atoms with Crippen molar-refractivity contribution in [3.05, 3.63) is 18.0 Å². The molecule has 1 heterocycles. The molecule has 0 amide bonds. The Hall–Kier alpha value is -1.52. The van der Waals surface area contributed by atoms with Gasteiger partial charge in [-0.05, 0) is 13.8 Å². The molecule has 0 bridgehead atoms. The first kappa shape index (κ1) is 10.6. The van der Waals surface area contributed by atoms with E-state index in [1.165, 1.54) is 0 Å². The van der Waals surface area contributed by atoms with E-state index in [1.54, 1.807) is 15.9 Å². The van der Waals surface area contributed by atoms with Gasteiger partial charge < -0.3 is 10.3 Å². The average Bonchev–Trinajstić information content (AvgIpc) is 2.07. The Balaban J connectivity index is 3.01. The number of anilines is 1. The maximum Gasteiger partial charge on any atom is 0.241 e. The van der Waals surface area contributed by atoms with Crippen LogP contribution in [0.5, 0.6) is 0 Å². The molecule has 14 heavy (non-hydrogen) atoms. The summed E-state index contributed by atoms with van der Waals surface area (Å²) in [6, 6.07) is 0.365. The largest absolute Gasteiger partial charge is 0.380 e. The Morgan fingerprint density at radius 3 is 2.64 bits per heavy atom. The Kier molecular flexibility index (Phi) is 3.11. The SMILES string of the molecule is CC(C)Nc1cnc(=N)n(N(C)C)c1. The second kappa shape index (κ2) is 4.13.